The summed E-state index contributed by atoms with van der Waals surface area (Å²) in [4.78, 5) is 27.7. The first-order chi connectivity index (χ1) is 19.6. The summed E-state index contributed by atoms with van der Waals surface area (Å²) in [6.07, 6.45) is 1.64. The first-order valence-corrected chi connectivity index (χ1v) is 13.9. The predicted molar refractivity (Wildman–Crippen MR) is 160 cm³/mol. The minimum atomic E-state index is -1.01. The lowest BCUT2D eigenvalue weighted by Gasteiger charge is -2.29. The van der Waals surface area contributed by atoms with Crippen LogP contribution in [-0.4, -0.2) is 55.9 Å². The molecule has 5 aromatic carbocycles. The van der Waals surface area contributed by atoms with Gasteiger partial charge in [-0.1, -0.05) is 54.6 Å². The van der Waals surface area contributed by atoms with Crippen LogP contribution >= 0.6 is 0 Å². The van der Waals surface area contributed by atoms with Gasteiger partial charge in [-0.3, -0.25) is 9.59 Å². The summed E-state index contributed by atoms with van der Waals surface area (Å²) >= 11 is 0. The fraction of sp³-hybridized carbons (Fsp3) is 0.273. The summed E-state index contributed by atoms with van der Waals surface area (Å²) in [5, 5.41) is 22.7. The number of ether oxygens (including phenoxy) is 1. The van der Waals surface area contributed by atoms with Crippen LogP contribution in [0, 0.1) is 0 Å². The van der Waals surface area contributed by atoms with E-state index in [1.54, 1.807) is 0 Å². The van der Waals surface area contributed by atoms with Crippen LogP contribution in [-0.2, 0) is 20.7 Å². The van der Waals surface area contributed by atoms with Crippen molar-refractivity contribution in [2.75, 3.05) is 43.1 Å². The molecule has 6 rings (SSSR count). The molecule has 1 heterocycles. The number of aliphatic hydroxyl groups excluding tert-OH is 1. The summed E-state index contributed by atoms with van der Waals surface area (Å²) < 4.78 is 5.40. The lowest BCUT2D eigenvalue weighted by molar-refractivity contribution is -0.127. The number of hydrogen-bond acceptors (Lipinski definition) is 5. The van der Waals surface area contributed by atoms with Crippen molar-refractivity contribution in [3.8, 4) is 0 Å². The van der Waals surface area contributed by atoms with Gasteiger partial charge in [0.05, 0.1) is 19.8 Å². The standard InChI is InChI=1S/C33H33N3O4/c37-21-29(33(39)34-26-12-14-27(15-13-26)36-17-19-40-20-18-36)35-30(38)6-2-3-22-7-8-25-10-9-23-4-1-5-24-11-16-28(22)32(25)31(23)24/h1,4-5,7-16,29,37H,2-3,6,17-21H2,(H,34,39)(H,35,38)/t29-/m0/s1. The molecule has 1 aliphatic rings. The number of anilines is 2. The SMILES string of the molecule is O=C(CCCc1ccc2ccc3cccc4ccc1c2c34)N[C@@H](CO)C(=O)Nc1ccc(N2CCOCC2)cc1. The fourth-order valence-electron chi connectivity index (χ4n) is 5.72. The third kappa shape index (κ3) is 5.30. The van der Waals surface area contributed by atoms with E-state index in [-0.39, 0.29) is 12.3 Å². The van der Waals surface area contributed by atoms with Gasteiger partial charge in [0.15, 0.2) is 0 Å². The Morgan fingerprint density at radius 1 is 0.850 bits per heavy atom. The molecule has 40 heavy (non-hydrogen) atoms. The Hall–Kier alpha value is -4.20. The highest BCUT2D eigenvalue weighted by Crippen LogP contribution is 2.36. The van der Waals surface area contributed by atoms with Gasteiger partial charge in [0.2, 0.25) is 11.8 Å². The molecule has 0 aliphatic carbocycles. The van der Waals surface area contributed by atoms with Crippen LogP contribution in [0.3, 0.4) is 0 Å². The Kier molecular flexibility index (Phi) is 7.49. The molecule has 1 fully saturated rings. The number of nitrogens with one attached hydrogen (secondary N) is 2. The summed E-state index contributed by atoms with van der Waals surface area (Å²) in [6, 6.07) is 25.9. The molecule has 1 atom stereocenters. The largest absolute Gasteiger partial charge is 0.394 e. The topological polar surface area (TPSA) is 90.9 Å². The van der Waals surface area contributed by atoms with Crippen molar-refractivity contribution in [1.82, 2.24) is 5.32 Å². The second-order valence-corrected chi connectivity index (χ2v) is 10.4. The zero-order valence-electron chi connectivity index (χ0n) is 22.4. The molecule has 0 aromatic heterocycles. The Labute approximate surface area is 233 Å². The normalized spacial score (nSPS) is 14.6. The highest BCUT2D eigenvalue weighted by molar-refractivity contribution is 6.23. The van der Waals surface area contributed by atoms with E-state index in [9.17, 15) is 14.7 Å². The maximum atomic E-state index is 12.8. The van der Waals surface area contributed by atoms with Gasteiger partial charge in [-0.25, -0.2) is 0 Å². The van der Waals surface area contributed by atoms with Gasteiger partial charge in [0.1, 0.15) is 6.04 Å². The van der Waals surface area contributed by atoms with Gasteiger partial charge in [-0.2, -0.15) is 0 Å². The second kappa shape index (κ2) is 11.5. The molecule has 7 heteroatoms. The number of morpholine rings is 1. The summed E-state index contributed by atoms with van der Waals surface area (Å²) in [5.41, 5.74) is 2.89. The third-order valence-electron chi connectivity index (χ3n) is 7.81. The van der Waals surface area contributed by atoms with E-state index in [1.807, 2.05) is 24.3 Å². The molecule has 0 saturated carbocycles. The summed E-state index contributed by atoms with van der Waals surface area (Å²) in [6.45, 7) is 2.60. The van der Waals surface area contributed by atoms with Gasteiger partial charge in [0.25, 0.3) is 0 Å². The van der Waals surface area contributed by atoms with Crippen LogP contribution < -0.4 is 15.5 Å². The first-order valence-electron chi connectivity index (χ1n) is 13.9. The number of rotatable bonds is 9. The van der Waals surface area contributed by atoms with Crippen LogP contribution in [0.2, 0.25) is 0 Å². The van der Waals surface area contributed by atoms with Crippen LogP contribution in [0.25, 0.3) is 32.3 Å². The quantitative estimate of drug-likeness (QED) is 0.235. The number of carbonyl (C=O) groups is 2. The van der Waals surface area contributed by atoms with Crippen LogP contribution in [0.5, 0.6) is 0 Å². The first kappa shape index (κ1) is 26.0. The minimum absolute atomic E-state index is 0.255. The Bertz CT molecular complexity index is 1630. The molecule has 3 N–H and O–H groups in total. The maximum absolute atomic E-state index is 12.8. The lowest BCUT2D eigenvalue weighted by atomic mass is 9.90. The number of amides is 2. The molecular weight excluding hydrogens is 502 g/mol. The van der Waals surface area contributed by atoms with Gasteiger partial charge < -0.3 is 25.4 Å². The number of benzene rings is 5. The predicted octanol–water partition coefficient (Wildman–Crippen LogP) is 4.86. The van der Waals surface area contributed by atoms with Gasteiger partial charge >= 0.3 is 0 Å². The van der Waals surface area contributed by atoms with Gasteiger partial charge in [-0.05, 0) is 75.0 Å². The van der Waals surface area contributed by atoms with Crippen molar-refractivity contribution in [2.45, 2.75) is 25.3 Å². The van der Waals surface area contributed by atoms with Crippen molar-refractivity contribution in [2.24, 2.45) is 0 Å². The van der Waals surface area contributed by atoms with Gasteiger partial charge in [-0.15, -0.1) is 0 Å². The minimum Gasteiger partial charge on any atom is -0.394 e. The molecule has 5 aromatic rings. The van der Waals surface area contributed by atoms with Gasteiger partial charge in [0, 0.05) is 30.9 Å². The number of aryl methyl sites for hydroxylation is 1. The third-order valence-corrected chi connectivity index (χ3v) is 7.81. The molecule has 1 aliphatic heterocycles. The average Bonchev–Trinajstić information content (AvgIpc) is 3.00. The Morgan fingerprint density at radius 3 is 2.25 bits per heavy atom. The van der Waals surface area contributed by atoms with Crippen LogP contribution in [0.4, 0.5) is 11.4 Å². The Morgan fingerprint density at radius 2 is 1.52 bits per heavy atom. The monoisotopic (exact) mass is 535 g/mol. The van der Waals surface area contributed by atoms with E-state index in [0.29, 0.717) is 25.3 Å². The maximum Gasteiger partial charge on any atom is 0.249 e. The molecular formula is C33H33N3O4. The average molecular weight is 536 g/mol. The van der Waals surface area contributed by atoms with Crippen LogP contribution in [0.15, 0.2) is 78.9 Å². The van der Waals surface area contributed by atoms with E-state index < -0.39 is 18.6 Å². The molecule has 2 amide bonds. The zero-order chi connectivity index (χ0) is 27.5. The summed E-state index contributed by atoms with van der Waals surface area (Å²) in [5.74, 6) is -0.698. The van der Waals surface area contributed by atoms with Crippen LogP contribution in [0.1, 0.15) is 18.4 Å². The van der Waals surface area contributed by atoms with Crippen molar-refractivity contribution in [1.29, 1.82) is 0 Å². The van der Waals surface area contributed by atoms with Crippen molar-refractivity contribution in [3.63, 3.8) is 0 Å². The molecule has 204 valence electrons. The molecule has 0 spiro atoms. The number of carbonyl (C=O) groups excluding carboxylic acids is 2. The van der Waals surface area contributed by atoms with E-state index in [4.69, 9.17) is 4.74 Å². The molecule has 0 bridgehead atoms. The molecule has 1 saturated heterocycles. The highest BCUT2D eigenvalue weighted by Gasteiger charge is 2.20. The smallest absolute Gasteiger partial charge is 0.249 e. The molecule has 0 radical (unpaired) electrons. The molecule has 7 nitrogen and oxygen atoms in total. The number of aliphatic hydroxyl groups is 1. The fourth-order valence-corrected chi connectivity index (χ4v) is 5.72. The molecule has 0 unspecified atom stereocenters. The van der Waals surface area contributed by atoms with Crippen molar-refractivity contribution in [3.05, 3.63) is 84.4 Å². The van der Waals surface area contributed by atoms with E-state index in [2.05, 4.69) is 70.1 Å². The van der Waals surface area contributed by atoms with E-state index in [0.717, 1.165) is 25.2 Å². The van der Waals surface area contributed by atoms with Crippen molar-refractivity contribution < 1.29 is 19.4 Å². The zero-order valence-corrected chi connectivity index (χ0v) is 22.4. The summed E-state index contributed by atoms with van der Waals surface area (Å²) in [7, 11) is 0. The number of nitrogens with zero attached hydrogens (tertiary/aromatic N) is 1. The van der Waals surface area contributed by atoms with E-state index in [1.165, 1.54) is 37.9 Å². The second-order valence-electron chi connectivity index (χ2n) is 10.4. The Balaban J connectivity index is 1.05. The number of hydrogen-bond donors (Lipinski definition) is 3. The lowest BCUT2D eigenvalue weighted by Crippen LogP contribution is -2.46. The van der Waals surface area contributed by atoms with Crippen molar-refractivity contribution >= 4 is 55.5 Å². The van der Waals surface area contributed by atoms with E-state index >= 15 is 0 Å². The highest BCUT2D eigenvalue weighted by atomic mass is 16.5.